The fourth-order valence-corrected chi connectivity index (χ4v) is 2.40. The standard InChI is InChI=1S/C13H19Cl2N3O3/c1-18(5-9(19)7-21-2)6-12(20)17-13-10(14)3-8(16)4-11(13)15/h3-4,9,19H,5-7,16H2,1-2H3,(H,17,20). The lowest BCUT2D eigenvalue weighted by atomic mass is 10.2. The summed E-state index contributed by atoms with van der Waals surface area (Å²) in [5, 5.41) is 12.8. The number of hydrogen-bond donors (Lipinski definition) is 3. The summed E-state index contributed by atoms with van der Waals surface area (Å²) < 4.78 is 4.82. The van der Waals surface area contributed by atoms with Gasteiger partial charge in [0.1, 0.15) is 0 Å². The zero-order chi connectivity index (χ0) is 16.0. The van der Waals surface area contributed by atoms with Gasteiger partial charge in [-0.15, -0.1) is 0 Å². The molecule has 1 amide bonds. The number of likely N-dealkylation sites (N-methyl/N-ethyl adjacent to an activating group) is 1. The molecule has 8 heteroatoms. The Bertz CT molecular complexity index is 477. The molecule has 21 heavy (non-hydrogen) atoms. The topological polar surface area (TPSA) is 87.8 Å². The summed E-state index contributed by atoms with van der Waals surface area (Å²) in [6.07, 6.45) is -0.656. The first-order valence-corrected chi connectivity index (χ1v) is 6.99. The van der Waals surface area contributed by atoms with Gasteiger partial charge in [-0.05, 0) is 19.2 Å². The van der Waals surface area contributed by atoms with E-state index in [4.69, 9.17) is 33.7 Å². The lowest BCUT2D eigenvalue weighted by Crippen LogP contribution is -2.37. The maximum absolute atomic E-state index is 11.9. The molecule has 0 aliphatic heterocycles. The number of nitrogen functional groups attached to an aromatic ring is 1. The fourth-order valence-electron chi connectivity index (χ4n) is 1.81. The van der Waals surface area contributed by atoms with Gasteiger partial charge in [-0.2, -0.15) is 0 Å². The summed E-state index contributed by atoms with van der Waals surface area (Å²) in [4.78, 5) is 13.6. The average Bonchev–Trinajstić information content (AvgIpc) is 2.33. The second kappa shape index (κ2) is 8.41. The lowest BCUT2D eigenvalue weighted by Gasteiger charge is -2.20. The Morgan fingerprint density at radius 1 is 1.48 bits per heavy atom. The number of anilines is 2. The van der Waals surface area contributed by atoms with Gasteiger partial charge < -0.3 is 20.9 Å². The van der Waals surface area contributed by atoms with Crippen molar-refractivity contribution in [1.82, 2.24) is 4.90 Å². The molecule has 0 aromatic heterocycles. The first kappa shape index (κ1) is 18.0. The van der Waals surface area contributed by atoms with Crippen LogP contribution in [0, 0.1) is 0 Å². The number of hydrogen-bond acceptors (Lipinski definition) is 5. The number of halogens is 2. The first-order chi connectivity index (χ1) is 9.83. The minimum Gasteiger partial charge on any atom is -0.399 e. The number of nitrogens with one attached hydrogen (secondary N) is 1. The van der Waals surface area contributed by atoms with Gasteiger partial charge in [0.15, 0.2) is 0 Å². The van der Waals surface area contributed by atoms with Crippen molar-refractivity contribution in [2.45, 2.75) is 6.10 Å². The zero-order valence-corrected chi connectivity index (χ0v) is 13.4. The van der Waals surface area contributed by atoms with E-state index in [2.05, 4.69) is 5.32 Å². The number of aliphatic hydroxyl groups is 1. The molecule has 0 spiro atoms. The third-order valence-corrected chi connectivity index (χ3v) is 3.22. The number of ether oxygens (including phenoxy) is 1. The predicted molar refractivity (Wildman–Crippen MR) is 84.9 cm³/mol. The van der Waals surface area contributed by atoms with E-state index in [1.165, 1.54) is 19.2 Å². The SMILES string of the molecule is COCC(O)CN(C)CC(=O)Nc1c(Cl)cc(N)cc1Cl. The van der Waals surface area contributed by atoms with Crippen molar-refractivity contribution in [2.24, 2.45) is 0 Å². The molecule has 1 rings (SSSR count). The summed E-state index contributed by atoms with van der Waals surface area (Å²) in [6.45, 7) is 0.601. The maximum atomic E-state index is 11.9. The van der Waals surface area contributed by atoms with Crippen molar-refractivity contribution in [3.63, 3.8) is 0 Å². The fraction of sp³-hybridized carbons (Fsp3) is 0.462. The molecule has 0 aliphatic carbocycles. The van der Waals surface area contributed by atoms with Crippen LogP contribution in [-0.4, -0.2) is 55.9 Å². The van der Waals surface area contributed by atoms with E-state index in [0.29, 0.717) is 17.9 Å². The molecule has 4 N–H and O–H groups in total. The van der Waals surface area contributed by atoms with Crippen molar-refractivity contribution in [2.75, 3.05) is 44.9 Å². The van der Waals surface area contributed by atoms with Crippen LogP contribution in [0.3, 0.4) is 0 Å². The van der Waals surface area contributed by atoms with E-state index in [1.54, 1.807) is 11.9 Å². The molecule has 0 aliphatic rings. The van der Waals surface area contributed by atoms with E-state index in [9.17, 15) is 9.90 Å². The average molecular weight is 336 g/mol. The van der Waals surface area contributed by atoms with Crippen LogP contribution in [0.25, 0.3) is 0 Å². The van der Waals surface area contributed by atoms with Crippen LogP contribution in [0.15, 0.2) is 12.1 Å². The summed E-state index contributed by atoms with van der Waals surface area (Å²) in [5.41, 5.74) is 6.34. The summed E-state index contributed by atoms with van der Waals surface area (Å²) >= 11 is 12.0. The Balaban J connectivity index is 2.58. The van der Waals surface area contributed by atoms with Crippen LogP contribution in [0.2, 0.25) is 10.0 Å². The normalized spacial score (nSPS) is 12.5. The molecule has 0 radical (unpaired) electrons. The zero-order valence-electron chi connectivity index (χ0n) is 11.9. The molecular weight excluding hydrogens is 317 g/mol. The number of carbonyl (C=O) groups is 1. The monoisotopic (exact) mass is 335 g/mol. The highest BCUT2D eigenvalue weighted by Crippen LogP contribution is 2.32. The second-order valence-electron chi connectivity index (χ2n) is 4.71. The molecular formula is C13H19Cl2N3O3. The first-order valence-electron chi connectivity index (χ1n) is 6.23. The van der Waals surface area contributed by atoms with Crippen LogP contribution in [-0.2, 0) is 9.53 Å². The number of benzene rings is 1. The van der Waals surface area contributed by atoms with Crippen molar-refractivity contribution >= 4 is 40.5 Å². The molecule has 0 fully saturated rings. The smallest absolute Gasteiger partial charge is 0.238 e. The van der Waals surface area contributed by atoms with Crippen LogP contribution in [0.1, 0.15) is 0 Å². The molecule has 0 heterocycles. The van der Waals surface area contributed by atoms with Gasteiger partial charge >= 0.3 is 0 Å². The van der Waals surface area contributed by atoms with Gasteiger partial charge in [0.25, 0.3) is 0 Å². The number of nitrogens with zero attached hydrogens (tertiary/aromatic N) is 1. The number of amides is 1. The van der Waals surface area contributed by atoms with Gasteiger partial charge in [0.2, 0.25) is 5.91 Å². The summed E-state index contributed by atoms with van der Waals surface area (Å²) in [7, 11) is 3.21. The van der Waals surface area contributed by atoms with Crippen molar-refractivity contribution < 1.29 is 14.6 Å². The Hall–Kier alpha value is -1.05. The van der Waals surface area contributed by atoms with E-state index in [-0.39, 0.29) is 29.1 Å². The van der Waals surface area contributed by atoms with E-state index < -0.39 is 6.10 Å². The van der Waals surface area contributed by atoms with E-state index in [0.717, 1.165) is 0 Å². The largest absolute Gasteiger partial charge is 0.399 e. The van der Waals surface area contributed by atoms with E-state index >= 15 is 0 Å². The Morgan fingerprint density at radius 3 is 2.57 bits per heavy atom. The van der Waals surface area contributed by atoms with Crippen LogP contribution in [0.5, 0.6) is 0 Å². The molecule has 1 aromatic rings. The van der Waals surface area contributed by atoms with E-state index in [1.807, 2.05) is 0 Å². The molecule has 0 bridgehead atoms. The molecule has 118 valence electrons. The predicted octanol–water partition coefficient (Wildman–Crippen LogP) is 1.45. The number of rotatable bonds is 7. The highest BCUT2D eigenvalue weighted by Gasteiger charge is 2.14. The van der Waals surface area contributed by atoms with Crippen LogP contribution >= 0.6 is 23.2 Å². The highest BCUT2D eigenvalue weighted by molar-refractivity contribution is 6.40. The third-order valence-electron chi connectivity index (χ3n) is 2.62. The molecule has 1 atom stereocenters. The van der Waals surface area contributed by atoms with Crippen LogP contribution < -0.4 is 11.1 Å². The third kappa shape index (κ3) is 6.07. The Labute approximate surface area is 133 Å². The van der Waals surface area contributed by atoms with Gasteiger partial charge in [-0.1, -0.05) is 23.2 Å². The van der Waals surface area contributed by atoms with Crippen molar-refractivity contribution in [1.29, 1.82) is 0 Å². The van der Waals surface area contributed by atoms with Crippen LogP contribution in [0.4, 0.5) is 11.4 Å². The minimum absolute atomic E-state index is 0.0812. The summed E-state index contributed by atoms with van der Waals surface area (Å²) in [5.74, 6) is -0.296. The highest BCUT2D eigenvalue weighted by atomic mass is 35.5. The molecule has 0 saturated heterocycles. The van der Waals surface area contributed by atoms with Crippen molar-refractivity contribution in [3.8, 4) is 0 Å². The Kier molecular flexibility index (Phi) is 7.21. The number of nitrogens with two attached hydrogens (primary N) is 1. The molecule has 1 aromatic carbocycles. The summed E-state index contributed by atoms with van der Waals surface area (Å²) in [6, 6.07) is 3.02. The molecule has 6 nitrogen and oxygen atoms in total. The maximum Gasteiger partial charge on any atom is 0.238 e. The minimum atomic E-state index is -0.656. The lowest BCUT2D eigenvalue weighted by molar-refractivity contribution is -0.117. The van der Waals surface area contributed by atoms with Gasteiger partial charge in [-0.3, -0.25) is 9.69 Å². The Morgan fingerprint density at radius 2 is 2.05 bits per heavy atom. The van der Waals surface area contributed by atoms with Crippen molar-refractivity contribution in [3.05, 3.63) is 22.2 Å². The quantitative estimate of drug-likeness (QED) is 0.656. The second-order valence-corrected chi connectivity index (χ2v) is 5.53. The number of carbonyl (C=O) groups excluding carboxylic acids is 1. The number of aliphatic hydroxyl groups excluding tert-OH is 1. The molecule has 1 unspecified atom stereocenters. The molecule has 0 saturated carbocycles. The van der Waals surface area contributed by atoms with Gasteiger partial charge in [0, 0.05) is 19.3 Å². The van der Waals surface area contributed by atoms with Gasteiger partial charge in [0.05, 0.1) is 35.0 Å². The van der Waals surface area contributed by atoms with Gasteiger partial charge in [-0.25, -0.2) is 0 Å². The number of methoxy groups -OCH3 is 1.